The van der Waals surface area contributed by atoms with E-state index in [9.17, 15) is 13.2 Å². The lowest BCUT2D eigenvalue weighted by Crippen LogP contribution is -2.23. The van der Waals surface area contributed by atoms with Crippen LogP contribution in [0.1, 0.15) is 12.8 Å². The molecule has 1 fully saturated rings. The fraction of sp³-hybridized carbons (Fsp3) is 0.158. The highest BCUT2D eigenvalue weighted by Gasteiger charge is 2.22. The van der Waals surface area contributed by atoms with Crippen LogP contribution in [-0.2, 0) is 14.8 Å². The molecule has 0 unspecified atom stereocenters. The van der Waals surface area contributed by atoms with Gasteiger partial charge in [0.05, 0.1) is 4.90 Å². The lowest BCUT2D eigenvalue weighted by Gasteiger charge is -2.16. The van der Waals surface area contributed by atoms with Gasteiger partial charge in [0.15, 0.2) is 0 Å². The zero-order valence-corrected chi connectivity index (χ0v) is 16.0. The molecule has 27 heavy (non-hydrogen) atoms. The molecule has 1 N–H and O–H groups in total. The van der Waals surface area contributed by atoms with Gasteiger partial charge in [-0.2, -0.15) is 0 Å². The summed E-state index contributed by atoms with van der Waals surface area (Å²) in [6.07, 6.45) is 3.10. The second kappa shape index (κ2) is 7.13. The van der Waals surface area contributed by atoms with Crippen LogP contribution in [-0.4, -0.2) is 25.9 Å². The fourth-order valence-electron chi connectivity index (χ4n) is 2.99. The maximum atomic E-state index is 12.6. The molecule has 3 aromatic rings. The minimum atomic E-state index is -3.70. The van der Waals surface area contributed by atoms with Crippen LogP contribution in [0.3, 0.4) is 0 Å². The van der Waals surface area contributed by atoms with Crippen molar-refractivity contribution in [3.63, 3.8) is 0 Å². The summed E-state index contributed by atoms with van der Waals surface area (Å²) < 4.78 is 27.8. The van der Waals surface area contributed by atoms with E-state index >= 15 is 0 Å². The quantitative estimate of drug-likeness (QED) is 0.709. The molecule has 1 aromatic heterocycles. The number of anilines is 2. The van der Waals surface area contributed by atoms with Gasteiger partial charge in [-0.1, -0.05) is 0 Å². The first-order valence-corrected chi connectivity index (χ1v) is 10.8. The van der Waals surface area contributed by atoms with Crippen molar-refractivity contribution < 1.29 is 13.2 Å². The number of aromatic nitrogens is 1. The molecule has 2 aromatic carbocycles. The van der Waals surface area contributed by atoms with Crippen molar-refractivity contribution in [2.45, 2.75) is 17.7 Å². The molecular weight excluding hydrogens is 382 g/mol. The van der Waals surface area contributed by atoms with Gasteiger partial charge in [-0.3, -0.25) is 9.52 Å². The van der Waals surface area contributed by atoms with E-state index in [-0.39, 0.29) is 10.8 Å². The van der Waals surface area contributed by atoms with Crippen LogP contribution < -0.4 is 9.62 Å². The molecule has 8 heteroatoms. The van der Waals surface area contributed by atoms with Crippen molar-refractivity contribution in [3.05, 3.63) is 60.1 Å². The Kier molecular flexibility index (Phi) is 4.67. The molecule has 0 aliphatic carbocycles. The molecule has 138 valence electrons. The van der Waals surface area contributed by atoms with E-state index < -0.39 is 10.0 Å². The van der Waals surface area contributed by atoms with E-state index in [1.807, 2.05) is 17.5 Å². The zero-order valence-electron chi connectivity index (χ0n) is 14.3. The Labute approximate surface area is 161 Å². The predicted octanol–water partition coefficient (Wildman–Crippen LogP) is 3.74. The first-order chi connectivity index (χ1) is 13.0. The van der Waals surface area contributed by atoms with E-state index in [0.29, 0.717) is 18.7 Å². The van der Waals surface area contributed by atoms with Crippen LogP contribution in [0.25, 0.3) is 10.6 Å². The van der Waals surface area contributed by atoms with Crippen LogP contribution in [0.15, 0.2) is 65.0 Å². The van der Waals surface area contributed by atoms with Crippen molar-refractivity contribution in [2.75, 3.05) is 16.2 Å². The van der Waals surface area contributed by atoms with E-state index in [0.717, 1.165) is 22.7 Å². The first kappa shape index (κ1) is 17.7. The van der Waals surface area contributed by atoms with Gasteiger partial charge < -0.3 is 4.90 Å². The minimum Gasteiger partial charge on any atom is -0.312 e. The zero-order chi connectivity index (χ0) is 18.9. The maximum Gasteiger partial charge on any atom is 0.261 e. The number of benzene rings is 2. The Morgan fingerprint density at radius 1 is 1.04 bits per heavy atom. The Morgan fingerprint density at radius 3 is 2.37 bits per heavy atom. The average Bonchev–Trinajstić information content (AvgIpc) is 3.34. The van der Waals surface area contributed by atoms with Crippen molar-refractivity contribution in [3.8, 4) is 10.6 Å². The number of nitrogens with zero attached hydrogens (tertiary/aromatic N) is 2. The summed E-state index contributed by atoms with van der Waals surface area (Å²) >= 11 is 1.53. The molecule has 1 aliphatic heterocycles. The Balaban J connectivity index is 1.50. The highest BCUT2D eigenvalue weighted by molar-refractivity contribution is 7.92. The number of amides is 1. The third kappa shape index (κ3) is 3.72. The number of nitrogens with one attached hydrogen (secondary N) is 1. The van der Waals surface area contributed by atoms with Gasteiger partial charge in [-0.05, 0) is 55.0 Å². The van der Waals surface area contributed by atoms with Crippen molar-refractivity contribution >= 4 is 38.6 Å². The van der Waals surface area contributed by atoms with E-state index in [4.69, 9.17) is 0 Å². The molecular formula is C19H17N3O3S2. The SMILES string of the molecule is O=C1CCCN1c1ccc(S(=O)(=O)Nc2ccc(-c3nccs3)cc2)cc1. The molecule has 1 amide bonds. The molecule has 6 nitrogen and oxygen atoms in total. The Morgan fingerprint density at radius 2 is 1.78 bits per heavy atom. The Bertz CT molecular complexity index is 1040. The summed E-state index contributed by atoms with van der Waals surface area (Å²) in [7, 11) is -3.70. The van der Waals surface area contributed by atoms with Crippen LogP contribution in [0.2, 0.25) is 0 Å². The third-order valence-corrected chi connectivity index (χ3v) is 6.57. The predicted molar refractivity (Wildman–Crippen MR) is 106 cm³/mol. The number of hydrogen-bond acceptors (Lipinski definition) is 5. The summed E-state index contributed by atoms with van der Waals surface area (Å²) in [6, 6.07) is 13.5. The number of rotatable bonds is 5. The minimum absolute atomic E-state index is 0.0732. The molecule has 2 heterocycles. The summed E-state index contributed by atoms with van der Waals surface area (Å²) in [5, 5.41) is 2.78. The second-order valence-corrected chi connectivity index (χ2v) is 8.74. The van der Waals surface area contributed by atoms with Gasteiger partial charge >= 0.3 is 0 Å². The maximum absolute atomic E-state index is 12.6. The van der Waals surface area contributed by atoms with E-state index in [2.05, 4.69) is 9.71 Å². The van der Waals surface area contributed by atoms with Crippen LogP contribution in [0.5, 0.6) is 0 Å². The number of hydrogen-bond donors (Lipinski definition) is 1. The molecule has 0 atom stereocenters. The van der Waals surface area contributed by atoms with E-state index in [1.54, 1.807) is 35.4 Å². The van der Waals surface area contributed by atoms with Gasteiger partial charge in [-0.25, -0.2) is 13.4 Å². The van der Waals surface area contributed by atoms with Crippen molar-refractivity contribution in [1.82, 2.24) is 4.98 Å². The summed E-state index contributed by atoms with van der Waals surface area (Å²) in [6.45, 7) is 0.675. The molecule has 1 aliphatic rings. The highest BCUT2D eigenvalue weighted by atomic mass is 32.2. The topological polar surface area (TPSA) is 79.4 Å². The van der Waals surface area contributed by atoms with Crippen molar-refractivity contribution in [1.29, 1.82) is 0 Å². The number of thiazole rings is 1. The lowest BCUT2D eigenvalue weighted by molar-refractivity contribution is -0.117. The third-order valence-electron chi connectivity index (χ3n) is 4.35. The van der Waals surface area contributed by atoms with Crippen LogP contribution in [0, 0.1) is 0 Å². The normalized spacial score (nSPS) is 14.5. The average molecular weight is 399 g/mol. The van der Waals surface area contributed by atoms with Crippen LogP contribution >= 0.6 is 11.3 Å². The van der Waals surface area contributed by atoms with Gasteiger partial charge in [0, 0.05) is 41.5 Å². The smallest absolute Gasteiger partial charge is 0.261 e. The molecule has 0 radical (unpaired) electrons. The molecule has 0 bridgehead atoms. The number of sulfonamides is 1. The van der Waals surface area contributed by atoms with E-state index in [1.165, 1.54) is 23.5 Å². The Hall–Kier alpha value is -2.71. The van der Waals surface area contributed by atoms with Gasteiger partial charge in [0.25, 0.3) is 10.0 Å². The first-order valence-electron chi connectivity index (χ1n) is 8.46. The molecule has 1 saturated heterocycles. The molecule has 0 saturated carbocycles. The largest absolute Gasteiger partial charge is 0.312 e. The second-order valence-electron chi connectivity index (χ2n) is 6.16. The standard InChI is InChI=1S/C19H17N3O3S2/c23-18-2-1-12-22(18)16-7-9-17(10-8-16)27(24,25)21-15-5-3-14(4-6-15)19-20-11-13-26-19/h3-11,13,21H,1-2,12H2. The van der Waals surface area contributed by atoms with Gasteiger partial charge in [-0.15, -0.1) is 11.3 Å². The molecule has 0 spiro atoms. The molecule has 4 rings (SSSR count). The van der Waals surface area contributed by atoms with Gasteiger partial charge in [0.1, 0.15) is 5.01 Å². The summed E-state index contributed by atoms with van der Waals surface area (Å²) in [4.78, 5) is 17.9. The summed E-state index contributed by atoms with van der Waals surface area (Å²) in [5.74, 6) is 0.0732. The number of carbonyl (C=O) groups excluding carboxylic acids is 1. The number of carbonyl (C=O) groups is 1. The van der Waals surface area contributed by atoms with Crippen LogP contribution in [0.4, 0.5) is 11.4 Å². The fourth-order valence-corrected chi connectivity index (χ4v) is 4.69. The van der Waals surface area contributed by atoms with Gasteiger partial charge in [0.2, 0.25) is 5.91 Å². The van der Waals surface area contributed by atoms with Crippen molar-refractivity contribution in [2.24, 2.45) is 0 Å². The monoisotopic (exact) mass is 399 g/mol. The highest BCUT2D eigenvalue weighted by Crippen LogP contribution is 2.26. The lowest BCUT2D eigenvalue weighted by atomic mass is 10.2. The summed E-state index contributed by atoms with van der Waals surface area (Å²) in [5.41, 5.74) is 2.14.